The summed E-state index contributed by atoms with van der Waals surface area (Å²) in [5.74, 6) is 0.212. The van der Waals surface area contributed by atoms with Crippen molar-refractivity contribution in [2.75, 3.05) is 19.7 Å². The Morgan fingerprint density at radius 3 is 2.26 bits per heavy atom. The minimum absolute atomic E-state index is 0.0394. The van der Waals surface area contributed by atoms with Crippen LogP contribution in [-0.4, -0.2) is 48.4 Å². The Labute approximate surface area is 183 Å². The number of ketones is 1. The first-order valence-electron chi connectivity index (χ1n) is 10.7. The first-order valence-corrected chi connectivity index (χ1v) is 10.7. The van der Waals surface area contributed by atoms with Gasteiger partial charge in [-0.1, -0.05) is 30.3 Å². The topological polar surface area (TPSA) is 72.9 Å². The number of benzene rings is 2. The molecule has 0 aromatic heterocycles. The molecule has 0 saturated carbocycles. The normalized spacial score (nSPS) is 15.2. The molecule has 6 heteroatoms. The third-order valence-electron chi connectivity index (χ3n) is 5.57. The average Bonchev–Trinajstić information content (AvgIpc) is 2.78. The van der Waals surface area contributed by atoms with E-state index in [1.54, 1.807) is 36.1 Å². The number of amides is 1. The third-order valence-corrected chi connectivity index (χ3v) is 5.57. The van der Waals surface area contributed by atoms with Crippen molar-refractivity contribution < 1.29 is 23.9 Å². The first kappa shape index (κ1) is 22.5. The van der Waals surface area contributed by atoms with Gasteiger partial charge >= 0.3 is 5.97 Å². The van der Waals surface area contributed by atoms with Crippen LogP contribution >= 0.6 is 0 Å². The molecule has 0 aliphatic carbocycles. The number of Topliss-reactive ketones (excluding diaryl/α,β-unsaturated/α-hetero) is 1. The molecule has 6 nitrogen and oxygen atoms in total. The molecule has 1 heterocycles. The minimum atomic E-state index is -0.845. The zero-order valence-electron chi connectivity index (χ0n) is 18.1. The molecular weight excluding hydrogens is 394 g/mol. The Morgan fingerprint density at radius 1 is 1.00 bits per heavy atom. The number of rotatable bonds is 8. The summed E-state index contributed by atoms with van der Waals surface area (Å²) in [4.78, 5) is 37.8. The second-order valence-corrected chi connectivity index (χ2v) is 7.96. The van der Waals surface area contributed by atoms with Gasteiger partial charge in [-0.2, -0.15) is 0 Å². The quantitative estimate of drug-likeness (QED) is 0.478. The van der Waals surface area contributed by atoms with E-state index < -0.39 is 12.1 Å². The predicted octanol–water partition coefficient (Wildman–Crippen LogP) is 3.68. The molecule has 1 aliphatic rings. The summed E-state index contributed by atoms with van der Waals surface area (Å²) in [7, 11) is 0. The van der Waals surface area contributed by atoms with Gasteiger partial charge in [0.1, 0.15) is 5.75 Å². The van der Waals surface area contributed by atoms with Gasteiger partial charge in [0.05, 0.1) is 0 Å². The predicted molar refractivity (Wildman–Crippen MR) is 117 cm³/mol. The Bertz CT molecular complexity index is 886. The Balaban J connectivity index is 1.39. The standard InChI is InChI=1S/C25H29NO5/c1-18(27)22-8-10-23(11-9-22)30-17-24(28)31-19(2)25(29)26-14-12-21(13-15-26)16-20-6-4-3-5-7-20/h3-11,19,21H,12-17H2,1-2H3/t19-/m0/s1. The van der Waals surface area contributed by atoms with Crippen molar-refractivity contribution in [2.45, 2.75) is 39.2 Å². The number of esters is 1. The van der Waals surface area contributed by atoms with Crippen LogP contribution in [0.1, 0.15) is 42.6 Å². The lowest BCUT2D eigenvalue weighted by Gasteiger charge is -2.33. The van der Waals surface area contributed by atoms with Gasteiger partial charge in [0.15, 0.2) is 18.5 Å². The third kappa shape index (κ3) is 6.67. The van der Waals surface area contributed by atoms with Crippen LogP contribution in [0.25, 0.3) is 0 Å². The van der Waals surface area contributed by atoms with Crippen LogP contribution in [0.3, 0.4) is 0 Å². The fourth-order valence-corrected chi connectivity index (χ4v) is 3.77. The van der Waals surface area contributed by atoms with Crippen LogP contribution in [0.5, 0.6) is 5.75 Å². The molecular formula is C25H29NO5. The minimum Gasteiger partial charge on any atom is -0.482 e. The van der Waals surface area contributed by atoms with Gasteiger partial charge < -0.3 is 14.4 Å². The second kappa shape index (κ2) is 10.8. The highest BCUT2D eigenvalue weighted by molar-refractivity contribution is 5.94. The van der Waals surface area contributed by atoms with E-state index in [0.29, 0.717) is 30.3 Å². The molecule has 0 radical (unpaired) electrons. The SMILES string of the molecule is CC(=O)c1ccc(OCC(=O)O[C@@H](C)C(=O)N2CCC(Cc3ccccc3)CC2)cc1. The van der Waals surface area contributed by atoms with Gasteiger partial charge in [-0.05, 0) is 68.9 Å². The van der Waals surface area contributed by atoms with E-state index >= 15 is 0 Å². The summed E-state index contributed by atoms with van der Waals surface area (Å²) in [6.07, 6.45) is 2.07. The smallest absolute Gasteiger partial charge is 0.344 e. The molecule has 0 unspecified atom stereocenters. The lowest BCUT2D eigenvalue weighted by molar-refractivity contribution is -0.161. The van der Waals surface area contributed by atoms with Gasteiger partial charge in [-0.15, -0.1) is 0 Å². The fraction of sp³-hybridized carbons (Fsp3) is 0.400. The lowest BCUT2D eigenvalue weighted by atomic mass is 9.90. The summed E-state index contributed by atoms with van der Waals surface area (Å²) < 4.78 is 10.7. The highest BCUT2D eigenvalue weighted by atomic mass is 16.6. The lowest BCUT2D eigenvalue weighted by Crippen LogP contribution is -2.44. The molecule has 31 heavy (non-hydrogen) atoms. The molecule has 164 valence electrons. The zero-order chi connectivity index (χ0) is 22.2. The molecule has 1 aliphatic heterocycles. The highest BCUT2D eigenvalue weighted by Crippen LogP contribution is 2.22. The first-order chi connectivity index (χ1) is 14.9. The maximum Gasteiger partial charge on any atom is 0.344 e. The maximum atomic E-state index is 12.7. The van der Waals surface area contributed by atoms with Crippen LogP contribution < -0.4 is 4.74 Å². The summed E-state index contributed by atoms with van der Waals surface area (Å²) in [6, 6.07) is 16.9. The molecule has 2 aromatic rings. The fourth-order valence-electron chi connectivity index (χ4n) is 3.77. The number of ether oxygens (including phenoxy) is 2. The van der Waals surface area contributed by atoms with Crippen molar-refractivity contribution in [3.63, 3.8) is 0 Å². The average molecular weight is 424 g/mol. The second-order valence-electron chi connectivity index (χ2n) is 7.96. The van der Waals surface area contributed by atoms with E-state index in [2.05, 4.69) is 24.3 Å². The number of carbonyl (C=O) groups is 3. The molecule has 0 spiro atoms. The molecule has 1 atom stereocenters. The number of hydrogen-bond donors (Lipinski definition) is 0. The molecule has 2 aromatic carbocycles. The van der Waals surface area contributed by atoms with Crippen molar-refractivity contribution in [2.24, 2.45) is 5.92 Å². The van der Waals surface area contributed by atoms with Gasteiger partial charge in [0.2, 0.25) is 0 Å². The van der Waals surface area contributed by atoms with Crippen molar-refractivity contribution in [3.8, 4) is 5.75 Å². The Morgan fingerprint density at radius 2 is 1.65 bits per heavy atom. The largest absolute Gasteiger partial charge is 0.482 e. The zero-order valence-corrected chi connectivity index (χ0v) is 18.1. The van der Waals surface area contributed by atoms with Gasteiger partial charge in [-0.3, -0.25) is 9.59 Å². The summed E-state index contributed by atoms with van der Waals surface area (Å²) >= 11 is 0. The van der Waals surface area contributed by atoms with Crippen LogP contribution in [0, 0.1) is 5.92 Å². The number of hydrogen-bond acceptors (Lipinski definition) is 5. The maximum absolute atomic E-state index is 12.7. The van der Waals surface area contributed by atoms with Crippen molar-refractivity contribution >= 4 is 17.7 Å². The Hall–Kier alpha value is -3.15. The van der Waals surface area contributed by atoms with E-state index in [1.165, 1.54) is 12.5 Å². The van der Waals surface area contributed by atoms with E-state index in [9.17, 15) is 14.4 Å². The van der Waals surface area contributed by atoms with Gasteiger partial charge in [0, 0.05) is 18.7 Å². The highest BCUT2D eigenvalue weighted by Gasteiger charge is 2.28. The molecule has 0 N–H and O–H groups in total. The number of likely N-dealkylation sites (tertiary alicyclic amines) is 1. The van der Waals surface area contributed by atoms with Gasteiger partial charge in [-0.25, -0.2) is 4.79 Å². The number of piperidine rings is 1. The van der Waals surface area contributed by atoms with E-state index in [-0.39, 0.29) is 18.3 Å². The van der Waals surface area contributed by atoms with E-state index in [4.69, 9.17) is 9.47 Å². The van der Waals surface area contributed by atoms with E-state index in [1.807, 2.05) is 6.07 Å². The summed E-state index contributed by atoms with van der Waals surface area (Å²) in [5, 5.41) is 0. The molecule has 1 fully saturated rings. The van der Waals surface area contributed by atoms with Crippen molar-refractivity contribution in [3.05, 3.63) is 65.7 Å². The molecule has 1 amide bonds. The van der Waals surface area contributed by atoms with Crippen LogP contribution in [-0.2, 0) is 20.7 Å². The summed E-state index contributed by atoms with van der Waals surface area (Å²) in [5.41, 5.74) is 1.90. The molecule has 3 rings (SSSR count). The monoisotopic (exact) mass is 423 g/mol. The Kier molecular flexibility index (Phi) is 7.82. The van der Waals surface area contributed by atoms with Crippen molar-refractivity contribution in [1.29, 1.82) is 0 Å². The number of carbonyl (C=O) groups excluding carboxylic acids is 3. The van der Waals surface area contributed by atoms with Crippen LogP contribution in [0.4, 0.5) is 0 Å². The van der Waals surface area contributed by atoms with E-state index in [0.717, 1.165) is 19.3 Å². The van der Waals surface area contributed by atoms with Gasteiger partial charge in [0.25, 0.3) is 5.91 Å². The number of nitrogens with zero attached hydrogens (tertiary/aromatic N) is 1. The van der Waals surface area contributed by atoms with Crippen LogP contribution in [0.2, 0.25) is 0 Å². The van der Waals surface area contributed by atoms with Crippen LogP contribution in [0.15, 0.2) is 54.6 Å². The molecule has 0 bridgehead atoms. The van der Waals surface area contributed by atoms with Crippen molar-refractivity contribution in [1.82, 2.24) is 4.90 Å². The molecule has 1 saturated heterocycles. The summed E-state index contributed by atoms with van der Waals surface area (Å²) in [6.45, 7) is 4.14.